The highest BCUT2D eigenvalue weighted by Gasteiger charge is 2.11. The van der Waals surface area contributed by atoms with E-state index in [1.54, 1.807) is 0 Å². The van der Waals surface area contributed by atoms with Crippen LogP contribution in [0.5, 0.6) is 5.75 Å². The molecule has 4 nitrogen and oxygen atoms in total. The summed E-state index contributed by atoms with van der Waals surface area (Å²) in [5.41, 5.74) is 3.10. The SMILES string of the molecule is CCCn1c(Nc2ccccc2OCC)nc2ccccc21. The molecule has 0 radical (unpaired) electrons. The van der Waals surface area contributed by atoms with E-state index < -0.39 is 0 Å². The second-order valence-electron chi connectivity index (χ2n) is 5.13. The van der Waals surface area contributed by atoms with Gasteiger partial charge in [0.25, 0.3) is 0 Å². The standard InChI is InChI=1S/C18H21N3O/c1-3-13-21-16-11-7-5-9-14(16)19-18(21)20-15-10-6-8-12-17(15)22-4-2/h5-12H,3-4,13H2,1-2H3,(H,19,20). The van der Waals surface area contributed by atoms with Gasteiger partial charge in [-0.1, -0.05) is 31.2 Å². The van der Waals surface area contributed by atoms with Crippen molar-refractivity contribution in [1.82, 2.24) is 9.55 Å². The van der Waals surface area contributed by atoms with Crippen LogP contribution in [0.15, 0.2) is 48.5 Å². The van der Waals surface area contributed by atoms with E-state index in [-0.39, 0.29) is 0 Å². The van der Waals surface area contributed by atoms with Gasteiger partial charge in [0.05, 0.1) is 23.3 Å². The van der Waals surface area contributed by atoms with Gasteiger partial charge in [-0.2, -0.15) is 0 Å². The summed E-state index contributed by atoms with van der Waals surface area (Å²) < 4.78 is 7.90. The fraction of sp³-hybridized carbons (Fsp3) is 0.278. The van der Waals surface area contributed by atoms with Crippen LogP contribution in [0, 0.1) is 0 Å². The number of nitrogens with one attached hydrogen (secondary N) is 1. The molecule has 1 N–H and O–H groups in total. The minimum absolute atomic E-state index is 0.643. The van der Waals surface area contributed by atoms with Crippen molar-refractivity contribution in [2.75, 3.05) is 11.9 Å². The van der Waals surface area contributed by atoms with Gasteiger partial charge in [-0.25, -0.2) is 4.98 Å². The first-order valence-electron chi connectivity index (χ1n) is 7.77. The number of aromatic nitrogens is 2. The molecule has 0 saturated carbocycles. The number of para-hydroxylation sites is 4. The van der Waals surface area contributed by atoms with E-state index >= 15 is 0 Å². The number of nitrogens with zero attached hydrogens (tertiary/aromatic N) is 2. The summed E-state index contributed by atoms with van der Waals surface area (Å²) in [6.45, 7) is 5.74. The van der Waals surface area contributed by atoms with Crippen molar-refractivity contribution in [3.8, 4) is 5.75 Å². The predicted molar refractivity (Wildman–Crippen MR) is 90.9 cm³/mol. The number of rotatable bonds is 6. The molecule has 0 spiro atoms. The summed E-state index contributed by atoms with van der Waals surface area (Å²) in [7, 11) is 0. The van der Waals surface area contributed by atoms with Crippen LogP contribution >= 0.6 is 0 Å². The van der Waals surface area contributed by atoms with Crippen LogP contribution in [0.2, 0.25) is 0 Å². The fourth-order valence-electron chi connectivity index (χ4n) is 2.59. The van der Waals surface area contributed by atoms with Crippen molar-refractivity contribution >= 4 is 22.7 Å². The second-order valence-corrected chi connectivity index (χ2v) is 5.13. The highest BCUT2D eigenvalue weighted by Crippen LogP contribution is 2.29. The maximum Gasteiger partial charge on any atom is 0.208 e. The Morgan fingerprint density at radius 1 is 1.05 bits per heavy atom. The first-order chi connectivity index (χ1) is 10.8. The summed E-state index contributed by atoms with van der Waals surface area (Å²) >= 11 is 0. The number of fused-ring (bicyclic) bond motifs is 1. The molecule has 0 fully saturated rings. The molecular weight excluding hydrogens is 274 g/mol. The van der Waals surface area contributed by atoms with E-state index in [1.807, 2.05) is 49.4 Å². The Morgan fingerprint density at radius 3 is 2.64 bits per heavy atom. The lowest BCUT2D eigenvalue weighted by atomic mass is 10.3. The van der Waals surface area contributed by atoms with Crippen molar-refractivity contribution < 1.29 is 4.74 Å². The van der Waals surface area contributed by atoms with Gasteiger partial charge < -0.3 is 14.6 Å². The van der Waals surface area contributed by atoms with Gasteiger partial charge in [-0.3, -0.25) is 0 Å². The minimum atomic E-state index is 0.643. The number of hydrogen-bond donors (Lipinski definition) is 1. The third-order valence-electron chi connectivity index (χ3n) is 3.54. The maximum absolute atomic E-state index is 5.68. The molecule has 0 unspecified atom stereocenters. The molecule has 114 valence electrons. The molecule has 2 aromatic carbocycles. The fourth-order valence-corrected chi connectivity index (χ4v) is 2.59. The molecule has 3 aromatic rings. The summed E-state index contributed by atoms with van der Waals surface area (Å²) in [4.78, 5) is 4.72. The Kier molecular flexibility index (Phi) is 4.28. The van der Waals surface area contributed by atoms with Gasteiger partial charge in [-0.05, 0) is 37.6 Å². The van der Waals surface area contributed by atoms with E-state index in [9.17, 15) is 0 Å². The molecule has 1 aromatic heterocycles. The molecule has 22 heavy (non-hydrogen) atoms. The van der Waals surface area contributed by atoms with Crippen LogP contribution in [0.4, 0.5) is 11.6 Å². The highest BCUT2D eigenvalue weighted by atomic mass is 16.5. The van der Waals surface area contributed by atoms with E-state index in [4.69, 9.17) is 9.72 Å². The topological polar surface area (TPSA) is 39.1 Å². The molecule has 0 saturated heterocycles. The van der Waals surface area contributed by atoms with Crippen molar-refractivity contribution in [1.29, 1.82) is 0 Å². The third-order valence-corrected chi connectivity index (χ3v) is 3.54. The predicted octanol–water partition coefficient (Wildman–Crippen LogP) is 4.59. The van der Waals surface area contributed by atoms with Crippen molar-refractivity contribution in [2.45, 2.75) is 26.8 Å². The monoisotopic (exact) mass is 295 g/mol. The molecule has 3 rings (SSSR count). The lowest BCUT2D eigenvalue weighted by molar-refractivity contribution is 0.342. The van der Waals surface area contributed by atoms with Gasteiger partial charge >= 0.3 is 0 Å². The number of benzene rings is 2. The Morgan fingerprint density at radius 2 is 1.82 bits per heavy atom. The average Bonchev–Trinajstić information content (AvgIpc) is 2.88. The summed E-state index contributed by atoms with van der Waals surface area (Å²) in [5.74, 6) is 1.70. The Balaban J connectivity index is 2.01. The number of imidazole rings is 1. The van der Waals surface area contributed by atoms with Crippen molar-refractivity contribution in [2.24, 2.45) is 0 Å². The normalized spacial score (nSPS) is 10.8. The third kappa shape index (κ3) is 2.77. The lowest BCUT2D eigenvalue weighted by Gasteiger charge is -2.13. The molecule has 1 heterocycles. The Bertz CT molecular complexity index is 764. The summed E-state index contributed by atoms with van der Waals surface area (Å²) in [6, 6.07) is 16.2. The van der Waals surface area contributed by atoms with Crippen molar-refractivity contribution in [3.63, 3.8) is 0 Å². The molecule has 0 atom stereocenters. The zero-order chi connectivity index (χ0) is 15.4. The molecule has 4 heteroatoms. The smallest absolute Gasteiger partial charge is 0.208 e. The van der Waals surface area contributed by atoms with E-state index in [1.165, 1.54) is 0 Å². The van der Waals surface area contributed by atoms with Gasteiger partial charge in [0.15, 0.2) is 0 Å². The zero-order valence-corrected chi connectivity index (χ0v) is 13.0. The number of ether oxygens (including phenoxy) is 1. The van der Waals surface area contributed by atoms with E-state index in [0.29, 0.717) is 6.61 Å². The molecule has 0 aliphatic carbocycles. The van der Waals surface area contributed by atoms with Crippen LogP contribution in [-0.2, 0) is 6.54 Å². The molecule has 0 amide bonds. The zero-order valence-electron chi connectivity index (χ0n) is 13.0. The second kappa shape index (κ2) is 6.52. The van der Waals surface area contributed by atoms with Crippen LogP contribution in [0.25, 0.3) is 11.0 Å². The van der Waals surface area contributed by atoms with E-state index in [2.05, 4.69) is 22.9 Å². The Labute approximate surface area is 130 Å². The van der Waals surface area contributed by atoms with E-state index in [0.717, 1.165) is 41.4 Å². The highest BCUT2D eigenvalue weighted by molar-refractivity contribution is 5.80. The molecule has 0 aliphatic heterocycles. The van der Waals surface area contributed by atoms with Crippen LogP contribution in [-0.4, -0.2) is 16.2 Å². The molecule has 0 aliphatic rings. The quantitative estimate of drug-likeness (QED) is 0.723. The largest absolute Gasteiger partial charge is 0.492 e. The molecule has 0 bridgehead atoms. The number of aryl methyl sites for hydroxylation is 1. The first-order valence-corrected chi connectivity index (χ1v) is 7.77. The first kappa shape index (κ1) is 14.4. The number of anilines is 2. The summed E-state index contributed by atoms with van der Waals surface area (Å²) in [6.07, 6.45) is 1.06. The Hall–Kier alpha value is -2.49. The van der Waals surface area contributed by atoms with Crippen LogP contribution in [0.1, 0.15) is 20.3 Å². The summed E-state index contributed by atoms with van der Waals surface area (Å²) in [5, 5.41) is 3.43. The lowest BCUT2D eigenvalue weighted by Crippen LogP contribution is -2.05. The average molecular weight is 295 g/mol. The molecular formula is C18H21N3O. The van der Waals surface area contributed by atoms with Crippen LogP contribution in [0.3, 0.4) is 0 Å². The number of hydrogen-bond acceptors (Lipinski definition) is 3. The van der Waals surface area contributed by atoms with Gasteiger partial charge in [-0.15, -0.1) is 0 Å². The van der Waals surface area contributed by atoms with Gasteiger partial charge in [0.1, 0.15) is 5.75 Å². The minimum Gasteiger partial charge on any atom is -0.492 e. The van der Waals surface area contributed by atoms with Crippen LogP contribution < -0.4 is 10.1 Å². The van der Waals surface area contributed by atoms with Gasteiger partial charge in [0, 0.05) is 6.54 Å². The maximum atomic E-state index is 5.68. The van der Waals surface area contributed by atoms with Crippen molar-refractivity contribution in [3.05, 3.63) is 48.5 Å². The van der Waals surface area contributed by atoms with Gasteiger partial charge in [0.2, 0.25) is 5.95 Å².